The molecule has 0 aliphatic rings. The summed E-state index contributed by atoms with van der Waals surface area (Å²) in [5.41, 5.74) is 3.48. The fourth-order valence-corrected chi connectivity index (χ4v) is 2.46. The highest BCUT2D eigenvalue weighted by molar-refractivity contribution is 5.89. The summed E-state index contributed by atoms with van der Waals surface area (Å²) in [4.78, 5) is 11.8. The third-order valence-corrected chi connectivity index (χ3v) is 4.10. The van der Waals surface area contributed by atoms with Gasteiger partial charge in [0, 0.05) is 0 Å². The van der Waals surface area contributed by atoms with Gasteiger partial charge >= 0.3 is 5.97 Å². The van der Waals surface area contributed by atoms with Crippen molar-refractivity contribution in [1.29, 1.82) is 0 Å². The lowest BCUT2D eigenvalue weighted by molar-refractivity contribution is 0.0484. The largest absolute Gasteiger partial charge is 0.462 e. The van der Waals surface area contributed by atoms with Crippen LogP contribution in [0.25, 0.3) is 0 Å². The van der Waals surface area contributed by atoms with Crippen molar-refractivity contribution in [2.75, 3.05) is 6.61 Å². The summed E-state index contributed by atoms with van der Waals surface area (Å²) in [6, 6.07) is 9.17. The number of ether oxygens (including phenoxy) is 1. The van der Waals surface area contributed by atoms with Gasteiger partial charge in [0.05, 0.1) is 12.2 Å². The Bertz CT molecular complexity index is 536. The van der Waals surface area contributed by atoms with Gasteiger partial charge in [0.2, 0.25) is 0 Å². The standard InChI is InChI=1S/C22H32O2/c1-18(2)10-8-11-19(3)12-9-13-20(4)16-17-24-22(23)21-14-6-5-7-15-21/h5-7,10,12,14-15,20H,8-9,11,13,16-17H2,1-4H3/b19-12+. The average Bonchev–Trinajstić information content (AvgIpc) is 2.55. The van der Waals surface area contributed by atoms with Crippen molar-refractivity contribution in [1.82, 2.24) is 0 Å². The lowest BCUT2D eigenvalue weighted by Crippen LogP contribution is -2.08. The molecule has 2 heteroatoms. The number of allylic oxidation sites excluding steroid dienone is 4. The number of rotatable bonds is 10. The molecule has 0 fully saturated rings. The molecular weight excluding hydrogens is 296 g/mol. The van der Waals surface area contributed by atoms with Crippen LogP contribution >= 0.6 is 0 Å². The molecule has 0 aliphatic carbocycles. The van der Waals surface area contributed by atoms with Crippen LogP contribution in [0.1, 0.15) is 70.2 Å². The van der Waals surface area contributed by atoms with Crippen molar-refractivity contribution in [3.8, 4) is 0 Å². The predicted octanol–water partition coefficient (Wildman–Crippen LogP) is 6.34. The summed E-state index contributed by atoms with van der Waals surface area (Å²) in [6.07, 6.45) is 10.1. The van der Waals surface area contributed by atoms with E-state index in [2.05, 4.69) is 39.8 Å². The Morgan fingerprint density at radius 2 is 1.75 bits per heavy atom. The maximum atomic E-state index is 11.8. The van der Waals surface area contributed by atoms with Crippen LogP contribution in [0.4, 0.5) is 0 Å². The zero-order valence-corrected chi connectivity index (χ0v) is 15.7. The summed E-state index contributed by atoms with van der Waals surface area (Å²) in [5.74, 6) is 0.341. The second-order valence-corrected chi connectivity index (χ2v) is 6.84. The van der Waals surface area contributed by atoms with Gasteiger partial charge in [0.15, 0.2) is 0 Å². The fourth-order valence-electron chi connectivity index (χ4n) is 2.46. The van der Waals surface area contributed by atoms with Crippen molar-refractivity contribution in [2.24, 2.45) is 5.92 Å². The highest BCUT2D eigenvalue weighted by atomic mass is 16.5. The van der Waals surface area contributed by atoms with Crippen molar-refractivity contribution >= 4 is 5.97 Å². The normalized spacial score (nSPS) is 12.6. The van der Waals surface area contributed by atoms with Crippen molar-refractivity contribution in [3.63, 3.8) is 0 Å². The van der Waals surface area contributed by atoms with Crippen LogP contribution < -0.4 is 0 Å². The van der Waals surface area contributed by atoms with Crippen LogP contribution in [0, 0.1) is 5.92 Å². The predicted molar refractivity (Wildman–Crippen MR) is 102 cm³/mol. The van der Waals surface area contributed by atoms with Crippen molar-refractivity contribution in [3.05, 3.63) is 59.2 Å². The van der Waals surface area contributed by atoms with Gasteiger partial charge in [-0.2, -0.15) is 0 Å². The van der Waals surface area contributed by atoms with Gasteiger partial charge in [0.25, 0.3) is 0 Å². The van der Waals surface area contributed by atoms with Gasteiger partial charge in [-0.05, 0) is 70.9 Å². The molecule has 0 aromatic heterocycles. The molecule has 0 saturated carbocycles. The Morgan fingerprint density at radius 1 is 1.04 bits per heavy atom. The fraction of sp³-hybridized carbons (Fsp3) is 0.500. The van der Waals surface area contributed by atoms with Crippen LogP contribution in [0.15, 0.2) is 53.6 Å². The van der Waals surface area contributed by atoms with E-state index in [4.69, 9.17) is 4.74 Å². The second-order valence-electron chi connectivity index (χ2n) is 6.84. The van der Waals surface area contributed by atoms with E-state index in [-0.39, 0.29) is 5.97 Å². The van der Waals surface area contributed by atoms with Crippen LogP contribution in [-0.2, 0) is 4.74 Å². The zero-order valence-electron chi connectivity index (χ0n) is 15.7. The number of benzene rings is 1. The zero-order chi connectivity index (χ0) is 17.8. The summed E-state index contributed by atoms with van der Waals surface area (Å²) in [6.45, 7) is 9.22. The summed E-state index contributed by atoms with van der Waals surface area (Å²) < 4.78 is 5.34. The summed E-state index contributed by atoms with van der Waals surface area (Å²) in [5, 5.41) is 0. The van der Waals surface area contributed by atoms with Gasteiger partial charge < -0.3 is 4.74 Å². The first kappa shape index (κ1) is 20.2. The van der Waals surface area contributed by atoms with E-state index in [9.17, 15) is 4.79 Å². The van der Waals surface area contributed by atoms with Crippen molar-refractivity contribution < 1.29 is 9.53 Å². The van der Waals surface area contributed by atoms with Crippen molar-refractivity contribution in [2.45, 2.75) is 59.8 Å². The maximum Gasteiger partial charge on any atom is 0.338 e. The monoisotopic (exact) mass is 328 g/mol. The van der Waals surface area contributed by atoms with Gasteiger partial charge in [-0.3, -0.25) is 0 Å². The van der Waals surface area contributed by atoms with E-state index in [1.54, 1.807) is 12.1 Å². The van der Waals surface area contributed by atoms with E-state index in [1.807, 2.05) is 18.2 Å². The molecule has 0 spiro atoms. The first-order valence-electron chi connectivity index (χ1n) is 9.00. The van der Waals surface area contributed by atoms with Gasteiger partial charge in [-0.1, -0.05) is 48.4 Å². The molecule has 132 valence electrons. The van der Waals surface area contributed by atoms with Gasteiger partial charge in [-0.15, -0.1) is 0 Å². The molecule has 0 aliphatic heterocycles. The minimum absolute atomic E-state index is 0.224. The average molecular weight is 328 g/mol. The third kappa shape index (κ3) is 9.34. The Balaban J connectivity index is 2.16. The summed E-state index contributed by atoms with van der Waals surface area (Å²) in [7, 11) is 0. The third-order valence-electron chi connectivity index (χ3n) is 4.10. The van der Waals surface area contributed by atoms with E-state index in [0.29, 0.717) is 18.1 Å². The van der Waals surface area contributed by atoms with Crippen LogP contribution in [-0.4, -0.2) is 12.6 Å². The van der Waals surface area contributed by atoms with E-state index < -0.39 is 0 Å². The maximum absolute atomic E-state index is 11.8. The first-order chi connectivity index (χ1) is 11.5. The number of carbonyl (C=O) groups excluding carboxylic acids is 1. The molecule has 0 radical (unpaired) electrons. The molecule has 1 aromatic rings. The van der Waals surface area contributed by atoms with Gasteiger partial charge in [-0.25, -0.2) is 4.79 Å². The molecular formula is C22H32O2. The Morgan fingerprint density at radius 3 is 2.42 bits per heavy atom. The summed E-state index contributed by atoms with van der Waals surface area (Å²) >= 11 is 0. The highest BCUT2D eigenvalue weighted by Crippen LogP contribution is 2.14. The lowest BCUT2D eigenvalue weighted by Gasteiger charge is -2.11. The van der Waals surface area contributed by atoms with E-state index in [1.165, 1.54) is 11.1 Å². The molecule has 0 bridgehead atoms. The Hall–Kier alpha value is -1.83. The minimum Gasteiger partial charge on any atom is -0.462 e. The molecule has 0 N–H and O–H groups in total. The SMILES string of the molecule is CC(C)=CCC/C(C)=C/CCC(C)CCOC(=O)c1ccccc1. The molecule has 0 amide bonds. The molecule has 0 saturated heterocycles. The molecule has 0 heterocycles. The molecule has 1 unspecified atom stereocenters. The Labute approximate surface area is 147 Å². The number of hydrogen-bond acceptors (Lipinski definition) is 2. The number of carbonyl (C=O) groups is 1. The van der Waals surface area contributed by atoms with Crippen LogP contribution in [0.3, 0.4) is 0 Å². The quantitative estimate of drug-likeness (QED) is 0.370. The topological polar surface area (TPSA) is 26.3 Å². The van der Waals surface area contributed by atoms with Crippen LogP contribution in [0.2, 0.25) is 0 Å². The minimum atomic E-state index is -0.224. The number of hydrogen-bond donors (Lipinski definition) is 0. The first-order valence-corrected chi connectivity index (χ1v) is 9.00. The molecule has 1 atom stereocenters. The molecule has 1 rings (SSSR count). The lowest BCUT2D eigenvalue weighted by atomic mass is 10.0. The Kier molecular flexibility index (Phi) is 9.83. The smallest absolute Gasteiger partial charge is 0.338 e. The number of esters is 1. The molecule has 1 aromatic carbocycles. The molecule has 24 heavy (non-hydrogen) atoms. The van der Waals surface area contributed by atoms with E-state index >= 15 is 0 Å². The van der Waals surface area contributed by atoms with Gasteiger partial charge in [0.1, 0.15) is 0 Å². The van der Waals surface area contributed by atoms with E-state index in [0.717, 1.165) is 32.1 Å². The molecule has 2 nitrogen and oxygen atoms in total. The highest BCUT2D eigenvalue weighted by Gasteiger charge is 2.07. The second kappa shape index (κ2) is 11.7. The van der Waals surface area contributed by atoms with Crippen LogP contribution in [0.5, 0.6) is 0 Å².